The Labute approximate surface area is 128 Å². The monoisotopic (exact) mass is 330 g/mol. The number of ether oxygens (including phenoxy) is 1. The van der Waals surface area contributed by atoms with Crippen molar-refractivity contribution < 1.29 is 17.9 Å². The van der Waals surface area contributed by atoms with Crippen LogP contribution in [0.5, 0.6) is 0 Å². The lowest BCUT2D eigenvalue weighted by atomic mass is 10.1. The zero-order valence-corrected chi connectivity index (χ0v) is 13.4. The van der Waals surface area contributed by atoms with Gasteiger partial charge in [-0.2, -0.15) is 4.31 Å². The molecule has 116 valence electrons. The van der Waals surface area contributed by atoms with E-state index < -0.39 is 10.0 Å². The number of hydrogen-bond acceptors (Lipinski definition) is 5. The first kappa shape index (κ1) is 15.0. The summed E-state index contributed by atoms with van der Waals surface area (Å²) in [6.07, 6.45) is 0.976. The van der Waals surface area contributed by atoms with Crippen molar-refractivity contribution in [3.63, 3.8) is 0 Å². The van der Waals surface area contributed by atoms with Gasteiger partial charge in [-0.15, -0.1) is 11.3 Å². The van der Waals surface area contributed by atoms with Crippen molar-refractivity contribution in [2.24, 2.45) is 0 Å². The van der Waals surface area contributed by atoms with Crippen molar-refractivity contribution in [1.29, 1.82) is 0 Å². The second-order valence-corrected chi connectivity index (χ2v) is 8.32. The fourth-order valence-corrected chi connectivity index (χ4v) is 5.98. The predicted octanol–water partition coefficient (Wildman–Crippen LogP) is 0.758. The third-order valence-electron chi connectivity index (χ3n) is 4.16. The van der Waals surface area contributed by atoms with E-state index in [0.717, 1.165) is 0 Å². The molecule has 3 rings (SSSR count). The van der Waals surface area contributed by atoms with Gasteiger partial charge in [0.05, 0.1) is 18.7 Å². The van der Waals surface area contributed by atoms with Crippen LogP contribution in [0.1, 0.15) is 12.8 Å². The molecule has 2 fully saturated rings. The summed E-state index contributed by atoms with van der Waals surface area (Å²) < 4.78 is 32.2. The average molecular weight is 330 g/mol. The Morgan fingerprint density at radius 3 is 2.90 bits per heavy atom. The molecule has 0 aromatic carbocycles. The highest BCUT2D eigenvalue weighted by Gasteiger charge is 2.50. The van der Waals surface area contributed by atoms with E-state index in [9.17, 15) is 13.2 Å². The molecule has 0 unspecified atom stereocenters. The van der Waals surface area contributed by atoms with Gasteiger partial charge in [-0.1, -0.05) is 6.07 Å². The number of methoxy groups -OCH3 is 1. The largest absolute Gasteiger partial charge is 0.383 e. The summed E-state index contributed by atoms with van der Waals surface area (Å²) in [5.41, 5.74) is 0. The minimum atomic E-state index is -3.48. The summed E-state index contributed by atoms with van der Waals surface area (Å²) >= 11 is 1.22. The van der Waals surface area contributed by atoms with Gasteiger partial charge < -0.3 is 9.64 Å². The summed E-state index contributed by atoms with van der Waals surface area (Å²) in [7, 11) is -1.88. The van der Waals surface area contributed by atoms with Crippen LogP contribution in [0.2, 0.25) is 0 Å². The molecule has 0 radical (unpaired) electrons. The van der Waals surface area contributed by atoms with Crippen LogP contribution in [0.25, 0.3) is 0 Å². The molecule has 0 aliphatic carbocycles. The molecule has 0 bridgehead atoms. The molecule has 8 heteroatoms. The normalized spacial score (nSPS) is 26.5. The molecule has 1 aromatic heterocycles. The first-order chi connectivity index (χ1) is 10.1. The molecule has 1 aromatic rings. The number of sulfonamides is 1. The number of nitrogens with zero attached hydrogens (tertiary/aromatic N) is 2. The lowest BCUT2D eigenvalue weighted by Crippen LogP contribution is -2.40. The first-order valence-electron chi connectivity index (χ1n) is 6.89. The van der Waals surface area contributed by atoms with Gasteiger partial charge in [0.2, 0.25) is 5.91 Å². The van der Waals surface area contributed by atoms with E-state index in [1.807, 2.05) is 0 Å². The maximum atomic E-state index is 12.6. The fraction of sp³-hybridized carbons (Fsp3) is 0.615. The van der Waals surface area contributed by atoms with Gasteiger partial charge >= 0.3 is 0 Å². The van der Waals surface area contributed by atoms with Crippen LogP contribution in [-0.2, 0) is 19.6 Å². The number of fused-ring (bicyclic) bond motifs is 1. The minimum Gasteiger partial charge on any atom is -0.383 e. The van der Waals surface area contributed by atoms with E-state index in [0.29, 0.717) is 30.3 Å². The number of rotatable bonds is 5. The summed E-state index contributed by atoms with van der Waals surface area (Å²) in [5.74, 6) is 0.0214. The average Bonchev–Trinajstić information content (AvgIpc) is 3.13. The van der Waals surface area contributed by atoms with E-state index in [1.54, 1.807) is 29.5 Å². The molecule has 6 nitrogen and oxygen atoms in total. The molecule has 2 aliphatic rings. The van der Waals surface area contributed by atoms with Gasteiger partial charge in [0.15, 0.2) is 0 Å². The van der Waals surface area contributed by atoms with Crippen LogP contribution < -0.4 is 0 Å². The van der Waals surface area contributed by atoms with Crippen molar-refractivity contribution in [3.05, 3.63) is 17.5 Å². The van der Waals surface area contributed by atoms with E-state index in [-0.39, 0.29) is 24.4 Å². The molecule has 21 heavy (non-hydrogen) atoms. The van der Waals surface area contributed by atoms with Gasteiger partial charge in [-0.3, -0.25) is 4.79 Å². The van der Waals surface area contributed by atoms with Gasteiger partial charge in [-0.25, -0.2) is 8.42 Å². The van der Waals surface area contributed by atoms with E-state index >= 15 is 0 Å². The predicted molar refractivity (Wildman–Crippen MR) is 78.6 cm³/mol. The number of likely N-dealkylation sites (tertiary alicyclic amines) is 1. The topological polar surface area (TPSA) is 66.9 Å². The molecular weight excluding hydrogens is 312 g/mol. The highest BCUT2D eigenvalue weighted by Crippen LogP contribution is 2.36. The van der Waals surface area contributed by atoms with E-state index in [4.69, 9.17) is 4.74 Å². The minimum absolute atomic E-state index is 0.0117. The summed E-state index contributed by atoms with van der Waals surface area (Å²) in [5, 5.41) is 1.76. The number of carbonyl (C=O) groups is 1. The van der Waals surface area contributed by atoms with Crippen LogP contribution in [-0.4, -0.2) is 62.4 Å². The van der Waals surface area contributed by atoms with Crippen LogP contribution in [0, 0.1) is 0 Å². The number of hydrogen-bond donors (Lipinski definition) is 0. The molecule has 1 amide bonds. The van der Waals surface area contributed by atoms with E-state index in [1.165, 1.54) is 15.6 Å². The van der Waals surface area contributed by atoms with Crippen molar-refractivity contribution in [2.75, 3.05) is 26.8 Å². The Balaban J connectivity index is 1.81. The molecule has 0 saturated carbocycles. The Bertz CT molecular complexity index is 614. The van der Waals surface area contributed by atoms with Crippen molar-refractivity contribution in [3.8, 4) is 0 Å². The smallest absolute Gasteiger partial charge is 0.252 e. The highest BCUT2D eigenvalue weighted by molar-refractivity contribution is 7.91. The van der Waals surface area contributed by atoms with Gasteiger partial charge in [0, 0.05) is 26.6 Å². The fourth-order valence-electron chi connectivity index (χ4n) is 3.20. The van der Waals surface area contributed by atoms with Crippen molar-refractivity contribution in [1.82, 2.24) is 9.21 Å². The lowest BCUT2D eigenvalue weighted by Gasteiger charge is -2.24. The third kappa shape index (κ3) is 2.50. The number of thiophene rings is 1. The third-order valence-corrected chi connectivity index (χ3v) is 7.46. The maximum Gasteiger partial charge on any atom is 0.252 e. The first-order valence-corrected chi connectivity index (χ1v) is 9.21. The van der Waals surface area contributed by atoms with Crippen molar-refractivity contribution >= 4 is 27.3 Å². The summed E-state index contributed by atoms with van der Waals surface area (Å²) in [6.45, 7) is 1.49. The Morgan fingerprint density at radius 2 is 2.24 bits per heavy atom. The molecule has 2 atom stereocenters. The molecule has 3 heterocycles. The number of amides is 1. The van der Waals surface area contributed by atoms with Crippen LogP contribution in [0.15, 0.2) is 21.7 Å². The summed E-state index contributed by atoms with van der Waals surface area (Å²) in [6, 6.07) is 3.10. The van der Waals surface area contributed by atoms with Crippen LogP contribution in [0.4, 0.5) is 0 Å². The zero-order valence-electron chi connectivity index (χ0n) is 11.8. The second kappa shape index (κ2) is 5.68. The quantitative estimate of drug-likeness (QED) is 0.799. The number of carbonyl (C=O) groups excluding carboxylic acids is 1. The zero-order chi connectivity index (χ0) is 15.0. The molecule has 0 spiro atoms. The molecule has 0 N–H and O–H groups in total. The highest BCUT2D eigenvalue weighted by atomic mass is 32.2. The standard InChI is InChI=1S/C13H18N2O4S2/c1-19-7-6-14-10-4-5-15(11(10)9-12(14)16)21(17,18)13-3-2-8-20-13/h2-3,8,10-11H,4-7,9H2,1H3/t10-,11-/m1/s1. The Morgan fingerprint density at radius 1 is 1.43 bits per heavy atom. The molecular formula is C13H18N2O4S2. The summed E-state index contributed by atoms with van der Waals surface area (Å²) in [4.78, 5) is 13.9. The Hall–Kier alpha value is -0.960. The second-order valence-electron chi connectivity index (χ2n) is 5.26. The van der Waals surface area contributed by atoms with E-state index in [2.05, 4.69) is 0 Å². The molecule has 2 saturated heterocycles. The lowest BCUT2D eigenvalue weighted by molar-refractivity contribution is -0.129. The maximum absolute atomic E-state index is 12.6. The SMILES string of the molecule is COCCN1C(=O)C[C@@H]2[C@H]1CCN2S(=O)(=O)c1cccs1. The van der Waals surface area contributed by atoms with Gasteiger partial charge in [-0.05, 0) is 17.9 Å². The van der Waals surface area contributed by atoms with Crippen LogP contribution in [0.3, 0.4) is 0 Å². The van der Waals surface area contributed by atoms with Gasteiger partial charge in [0.25, 0.3) is 10.0 Å². The molecule has 2 aliphatic heterocycles. The Kier molecular flexibility index (Phi) is 4.04. The van der Waals surface area contributed by atoms with Crippen LogP contribution >= 0.6 is 11.3 Å². The van der Waals surface area contributed by atoms with Crippen molar-refractivity contribution in [2.45, 2.75) is 29.1 Å². The van der Waals surface area contributed by atoms with Gasteiger partial charge in [0.1, 0.15) is 4.21 Å².